The Kier molecular flexibility index (Phi) is 6.14. The van der Waals surface area contributed by atoms with Crippen LogP contribution in [0.5, 0.6) is 0 Å². The molecule has 4 heteroatoms. The number of ether oxygens (including phenoxy) is 1. The third-order valence-corrected chi connectivity index (χ3v) is 1.39. The lowest BCUT2D eigenvalue weighted by molar-refractivity contribution is -0.686. The van der Waals surface area contributed by atoms with Crippen LogP contribution in [0.2, 0.25) is 0 Å². The predicted molar refractivity (Wildman–Crippen MR) is 53.6 cm³/mol. The second kappa shape index (κ2) is 6.60. The van der Waals surface area contributed by atoms with Crippen molar-refractivity contribution in [3.05, 3.63) is 30.6 Å². The summed E-state index contributed by atoms with van der Waals surface area (Å²) in [7, 11) is 0. The van der Waals surface area contributed by atoms with E-state index >= 15 is 0 Å². The molecule has 0 fully saturated rings. The van der Waals surface area contributed by atoms with Crippen LogP contribution in [0.3, 0.4) is 0 Å². The molecule has 1 rings (SSSR count). The van der Waals surface area contributed by atoms with Crippen molar-refractivity contribution in [1.82, 2.24) is 0 Å². The molecule has 0 saturated carbocycles. The first-order valence-corrected chi connectivity index (χ1v) is 3.92. The van der Waals surface area contributed by atoms with Crippen molar-refractivity contribution in [2.45, 2.75) is 13.5 Å². The molecule has 0 spiro atoms. The molecule has 72 valence electrons. The highest BCUT2D eigenvalue weighted by Crippen LogP contribution is 1.80. The molecule has 1 aromatic rings. The van der Waals surface area contributed by atoms with E-state index in [2.05, 4.69) is 0 Å². The second-order valence-electron chi connectivity index (χ2n) is 2.35. The van der Waals surface area contributed by atoms with Gasteiger partial charge in [0, 0.05) is 12.1 Å². The molecular formula is C9H13BrNO2+. The van der Waals surface area contributed by atoms with E-state index < -0.39 is 0 Å². The van der Waals surface area contributed by atoms with Crippen molar-refractivity contribution in [3.63, 3.8) is 0 Å². The number of carbonyl (C=O) groups is 1. The molecule has 0 amide bonds. The fourth-order valence-electron chi connectivity index (χ4n) is 0.895. The van der Waals surface area contributed by atoms with Gasteiger partial charge in [-0.1, -0.05) is 6.07 Å². The Morgan fingerprint density at radius 1 is 1.31 bits per heavy atom. The zero-order chi connectivity index (χ0) is 8.81. The molecule has 0 aromatic carbocycles. The molecule has 0 atom stereocenters. The summed E-state index contributed by atoms with van der Waals surface area (Å²) in [4.78, 5) is 11.0. The Hall–Kier alpha value is -0.900. The number of halogens is 1. The minimum absolute atomic E-state index is 0. The van der Waals surface area contributed by atoms with Gasteiger partial charge < -0.3 is 4.74 Å². The van der Waals surface area contributed by atoms with Gasteiger partial charge >= 0.3 is 5.97 Å². The summed E-state index contributed by atoms with van der Waals surface area (Å²) in [5.41, 5.74) is 0. The molecule has 13 heavy (non-hydrogen) atoms. The first kappa shape index (κ1) is 12.1. The maximum Gasteiger partial charge on any atom is 0.372 e. The van der Waals surface area contributed by atoms with Crippen LogP contribution < -0.4 is 4.57 Å². The highest BCUT2D eigenvalue weighted by atomic mass is 79.9. The van der Waals surface area contributed by atoms with Crippen LogP contribution in [0, 0.1) is 0 Å². The minimum Gasteiger partial charge on any atom is -0.461 e. The number of hydrogen-bond acceptors (Lipinski definition) is 2. The van der Waals surface area contributed by atoms with Gasteiger partial charge in [0.25, 0.3) is 0 Å². The van der Waals surface area contributed by atoms with Gasteiger partial charge in [0.15, 0.2) is 12.4 Å². The lowest BCUT2D eigenvalue weighted by Gasteiger charge is -1.96. The molecule has 1 heterocycles. The quantitative estimate of drug-likeness (QED) is 0.591. The highest BCUT2D eigenvalue weighted by Gasteiger charge is 2.07. The number of nitrogens with zero attached hydrogens (tertiary/aromatic N) is 1. The predicted octanol–water partition coefficient (Wildman–Crippen LogP) is 1.12. The Bertz CT molecular complexity index is 251. The largest absolute Gasteiger partial charge is 0.461 e. The molecular weight excluding hydrogens is 234 g/mol. The highest BCUT2D eigenvalue weighted by molar-refractivity contribution is 8.93. The molecule has 0 unspecified atom stereocenters. The van der Waals surface area contributed by atoms with Crippen molar-refractivity contribution in [1.29, 1.82) is 0 Å². The van der Waals surface area contributed by atoms with Crippen LogP contribution in [-0.4, -0.2) is 12.6 Å². The van der Waals surface area contributed by atoms with E-state index in [4.69, 9.17) is 4.74 Å². The fourth-order valence-corrected chi connectivity index (χ4v) is 0.895. The van der Waals surface area contributed by atoms with Crippen LogP contribution in [0.25, 0.3) is 0 Å². The zero-order valence-corrected chi connectivity index (χ0v) is 9.19. The van der Waals surface area contributed by atoms with Crippen molar-refractivity contribution in [2.24, 2.45) is 0 Å². The number of carbonyl (C=O) groups excluding carboxylic acids is 1. The van der Waals surface area contributed by atoms with Crippen molar-refractivity contribution >= 4 is 23.0 Å². The van der Waals surface area contributed by atoms with Gasteiger partial charge in [-0.2, -0.15) is 4.57 Å². The minimum atomic E-state index is -0.200. The standard InChI is InChI=1S/C9H12NO2.BrH/c1-2-12-9(11)8-10-6-4-3-5-7-10;/h3-7H,2,8H2,1H3;1H/q+1;. The van der Waals surface area contributed by atoms with E-state index in [1.807, 2.05) is 30.6 Å². The monoisotopic (exact) mass is 246 g/mol. The molecule has 0 aliphatic rings. The van der Waals surface area contributed by atoms with Crippen LogP contribution in [-0.2, 0) is 16.1 Å². The summed E-state index contributed by atoms with van der Waals surface area (Å²) in [5.74, 6) is -0.200. The first-order valence-electron chi connectivity index (χ1n) is 3.92. The van der Waals surface area contributed by atoms with E-state index in [0.29, 0.717) is 6.61 Å². The maximum absolute atomic E-state index is 11.0. The summed E-state index contributed by atoms with van der Waals surface area (Å²) in [6, 6.07) is 5.65. The Morgan fingerprint density at radius 3 is 2.46 bits per heavy atom. The number of hydrogen-bond donors (Lipinski definition) is 0. The van der Waals surface area contributed by atoms with E-state index in [9.17, 15) is 4.79 Å². The van der Waals surface area contributed by atoms with Gasteiger partial charge in [-0.05, 0) is 6.92 Å². The molecule has 0 saturated heterocycles. The van der Waals surface area contributed by atoms with Crippen LogP contribution in [0.4, 0.5) is 0 Å². The zero-order valence-electron chi connectivity index (χ0n) is 7.47. The number of aromatic nitrogens is 1. The average molecular weight is 247 g/mol. The Labute approximate surface area is 88.1 Å². The van der Waals surface area contributed by atoms with E-state index in [1.54, 1.807) is 11.5 Å². The number of esters is 1. The van der Waals surface area contributed by atoms with E-state index in [0.717, 1.165) is 0 Å². The molecule has 3 nitrogen and oxygen atoms in total. The third-order valence-electron chi connectivity index (χ3n) is 1.39. The summed E-state index contributed by atoms with van der Waals surface area (Å²) in [6.07, 6.45) is 3.66. The SMILES string of the molecule is Br.CCOC(=O)C[n+]1ccccc1. The lowest BCUT2D eigenvalue weighted by Crippen LogP contribution is -2.37. The molecule has 1 aromatic heterocycles. The maximum atomic E-state index is 11.0. The molecule has 0 bridgehead atoms. The van der Waals surface area contributed by atoms with Crippen molar-refractivity contribution < 1.29 is 14.1 Å². The summed E-state index contributed by atoms with van der Waals surface area (Å²) < 4.78 is 6.56. The van der Waals surface area contributed by atoms with Crippen LogP contribution in [0.1, 0.15) is 6.92 Å². The Morgan fingerprint density at radius 2 is 1.92 bits per heavy atom. The van der Waals surface area contributed by atoms with Gasteiger partial charge in [-0.3, -0.25) is 0 Å². The number of rotatable bonds is 3. The average Bonchev–Trinajstić information content (AvgIpc) is 2.06. The molecule has 0 N–H and O–H groups in total. The van der Waals surface area contributed by atoms with Gasteiger partial charge in [0.1, 0.15) is 0 Å². The lowest BCUT2D eigenvalue weighted by atomic mass is 10.5. The fraction of sp³-hybridized carbons (Fsp3) is 0.333. The van der Waals surface area contributed by atoms with Gasteiger partial charge in [0.2, 0.25) is 6.54 Å². The van der Waals surface area contributed by atoms with Crippen LogP contribution >= 0.6 is 17.0 Å². The third kappa shape index (κ3) is 4.62. The number of pyridine rings is 1. The first-order chi connectivity index (χ1) is 5.83. The smallest absolute Gasteiger partial charge is 0.372 e. The molecule has 0 aliphatic carbocycles. The topological polar surface area (TPSA) is 30.2 Å². The van der Waals surface area contributed by atoms with Gasteiger partial charge in [-0.25, -0.2) is 4.79 Å². The summed E-state index contributed by atoms with van der Waals surface area (Å²) >= 11 is 0. The molecule has 0 aliphatic heterocycles. The van der Waals surface area contributed by atoms with Gasteiger partial charge in [0.05, 0.1) is 6.61 Å². The summed E-state index contributed by atoms with van der Waals surface area (Å²) in [5, 5.41) is 0. The van der Waals surface area contributed by atoms with Gasteiger partial charge in [-0.15, -0.1) is 17.0 Å². The van der Waals surface area contributed by atoms with E-state index in [1.165, 1.54) is 0 Å². The summed E-state index contributed by atoms with van der Waals surface area (Å²) in [6.45, 7) is 2.52. The van der Waals surface area contributed by atoms with Crippen molar-refractivity contribution in [2.75, 3.05) is 6.61 Å². The second-order valence-corrected chi connectivity index (χ2v) is 2.35. The van der Waals surface area contributed by atoms with Crippen LogP contribution in [0.15, 0.2) is 30.6 Å². The molecule has 0 radical (unpaired) electrons. The van der Waals surface area contributed by atoms with Crippen molar-refractivity contribution in [3.8, 4) is 0 Å². The Balaban J connectivity index is 0.00000144. The normalized spacial score (nSPS) is 8.69. The van der Waals surface area contributed by atoms with E-state index in [-0.39, 0.29) is 29.5 Å².